The van der Waals surface area contributed by atoms with Crippen LogP contribution in [0.15, 0.2) is 35.2 Å². The standard InChI is InChI=1S/C22H28N2O4S2/c1-16-7-9-18(15-21(16)30(27,28)24-13-5-3-4-6-14-24)23-22(26)12-10-19(25)20-11-8-17(2)29-20/h7-9,11,15H,3-6,10,12-14H2,1-2H3,(H,23,26). The average molecular weight is 449 g/mol. The van der Waals surface area contributed by atoms with Gasteiger partial charge >= 0.3 is 0 Å². The Hall–Kier alpha value is -2.03. The Morgan fingerprint density at radius 2 is 1.70 bits per heavy atom. The minimum absolute atomic E-state index is 0.0534. The molecule has 2 heterocycles. The van der Waals surface area contributed by atoms with Crippen LogP contribution in [-0.4, -0.2) is 37.5 Å². The maximum Gasteiger partial charge on any atom is 0.243 e. The molecule has 1 aliphatic heterocycles. The molecule has 1 aromatic carbocycles. The molecule has 1 aliphatic rings. The van der Waals surface area contributed by atoms with Crippen molar-refractivity contribution in [1.29, 1.82) is 0 Å². The molecule has 1 aromatic heterocycles. The SMILES string of the molecule is Cc1ccc(C(=O)CCC(=O)Nc2ccc(C)c(S(=O)(=O)N3CCCCCC3)c2)s1. The summed E-state index contributed by atoms with van der Waals surface area (Å²) in [6.45, 7) is 4.76. The molecule has 8 heteroatoms. The Morgan fingerprint density at radius 1 is 1.00 bits per heavy atom. The smallest absolute Gasteiger partial charge is 0.243 e. The average Bonchev–Trinajstić information content (AvgIpc) is 2.96. The van der Waals surface area contributed by atoms with Gasteiger partial charge in [-0.05, 0) is 56.5 Å². The van der Waals surface area contributed by atoms with Gasteiger partial charge in [0.25, 0.3) is 0 Å². The largest absolute Gasteiger partial charge is 0.326 e. The van der Waals surface area contributed by atoms with E-state index in [1.54, 1.807) is 29.4 Å². The van der Waals surface area contributed by atoms with Gasteiger partial charge in [-0.15, -0.1) is 11.3 Å². The van der Waals surface area contributed by atoms with Gasteiger partial charge in [-0.25, -0.2) is 8.42 Å². The Balaban J connectivity index is 1.67. The lowest BCUT2D eigenvalue weighted by Gasteiger charge is -2.21. The summed E-state index contributed by atoms with van der Waals surface area (Å²) < 4.78 is 27.8. The molecule has 0 saturated carbocycles. The first-order valence-electron chi connectivity index (χ1n) is 10.3. The molecule has 0 spiro atoms. The second-order valence-corrected chi connectivity index (χ2v) is 10.9. The van der Waals surface area contributed by atoms with Gasteiger partial charge in [0.05, 0.1) is 9.77 Å². The van der Waals surface area contributed by atoms with Crippen molar-refractivity contribution in [3.8, 4) is 0 Å². The molecule has 0 aliphatic carbocycles. The number of Topliss-reactive ketones (excluding diaryl/α,β-unsaturated/α-hetero) is 1. The number of thiophene rings is 1. The molecule has 1 amide bonds. The summed E-state index contributed by atoms with van der Waals surface area (Å²) in [5.74, 6) is -0.366. The lowest BCUT2D eigenvalue weighted by Crippen LogP contribution is -2.32. The number of aryl methyl sites for hydroxylation is 2. The van der Waals surface area contributed by atoms with Crippen molar-refractivity contribution < 1.29 is 18.0 Å². The number of rotatable bonds is 7. The topological polar surface area (TPSA) is 83.5 Å². The second kappa shape index (κ2) is 9.85. The van der Waals surface area contributed by atoms with Gasteiger partial charge in [-0.2, -0.15) is 4.31 Å². The minimum Gasteiger partial charge on any atom is -0.326 e. The summed E-state index contributed by atoms with van der Waals surface area (Å²) in [5, 5.41) is 2.74. The van der Waals surface area contributed by atoms with Crippen LogP contribution in [0.5, 0.6) is 0 Å². The maximum atomic E-state index is 13.1. The lowest BCUT2D eigenvalue weighted by atomic mass is 10.1. The van der Waals surface area contributed by atoms with Crippen molar-refractivity contribution in [2.24, 2.45) is 0 Å². The zero-order chi connectivity index (χ0) is 21.7. The Bertz CT molecular complexity index is 1020. The minimum atomic E-state index is -3.60. The molecule has 1 fully saturated rings. The van der Waals surface area contributed by atoms with Gasteiger partial charge in [-0.3, -0.25) is 9.59 Å². The highest BCUT2D eigenvalue weighted by Gasteiger charge is 2.27. The zero-order valence-electron chi connectivity index (χ0n) is 17.4. The van der Waals surface area contributed by atoms with Crippen LogP contribution in [0.2, 0.25) is 0 Å². The van der Waals surface area contributed by atoms with Crippen LogP contribution in [0.3, 0.4) is 0 Å². The quantitative estimate of drug-likeness (QED) is 0.631. The first kappa shape index (κ1) is 22.7. The van der Waals surface area contributed by atoms with Gasteiger partial charge in [-0.1, -0.05) is 18.9 Å². The molecule has 0 bridgehead atoms. The van der Waals surface area contributed by atoms with Gasteiger partial charge in [0.1, 0.15) is 0 Å². The van der Waals surface area contributed by atoms with Crippen LogP contribution in [0.25, 0.3) is 0 Å². The highest BCUT2D eigenvalue weighted by Crippen LogP contribution is 2.26. The molecule has 0 unspecified atom stereocenters. The summed E-state index contributed by atoms with van der Waals surface area (Å²) in [6, 6.07) is 8.59. The molecule has 1 saturated heterocycles. The number of benzene rings is 1. The summed E-state index contributed by atoms with van der Waals surface area (Å²) >= 11 is 1.42. The van der Waals surface area contributed by atoms with E-state index < -0.39 is 10.0 Å². The summed E-state index contributed by atoms with van der Waals surface area (Å²) in [4.78, 5) is 26.5. The number of hydrogen-bond acceptors (Lipinski definition) is 5. The predicted molar refractivity (Wildman–Crippen MR) is 120 cm³/mol. The number of carbonyl (C=O) groups is 2. The lowest BCUT2D eigenvalue weighted by molar-refractivity contribution is -0.116. The van der Waals surface area contributed by atoms with E-state index in [1.165, 1.54) is 17.4 Å². The predicted octanol–water partition coefficient (Wildman–Crippen LogP) is 4.53. The second-order valence-electron chi connectivity index (χ2n) is 7.68. The van der Waals surface area contributed by atoms with Crippen molar-refractivity contribution in [3.63, 3.8) is 0 Å². The fraction of sp³-hybridized carbons (Fsp3) is 0.455. The summed E-state index contributed by atoms with van der Waals surface area (Å²) in [6.07, 6.45) is 4.00. The Labute approximate surface area is 182 Å². The van der Waals surface area contributed by atoms with Crippen molar-refractivity contribution in [3.05, 3.63) is 45.6 Å². The molecule has 1 N–H and O–H groups in total. The van der Waals surface area contributed by atoms with Gasteiger partial charge in [0.2, 0.25) is 15.9 Å². The van der Waals surface area contributed by atoms with Crippen LogP contribution >= 0.6 is 11.3 Å². The molecule has 2 aromatic rings. The third-order valence-corrected chi connectivity index (χ3v) is 8.33. The Morgan fingerprint density at radius 3 is 2.33 bits per heavy atom. The number of nitrogens with zero attached hydrogens (tertiary/aromatic N) is 1. The van der Waals surface area contributed by atoms with Crippen molar-refractivity contribution in [2.75, 3.05) is 18.4 Å². The number of sulfonamides is 1. The molecular formula is C22H28N2O4S2. The molecule has 30 heavy (non-hydrogen) atoms. The van der Waals surface area contributed by atoms with Gasteiger partial charge in [0.15, 0.2) is 5.78 Å². The number of nitrogens with one attached hydrogen (secondary N) is 1. The van der Waals surface area contributed by atoms with Crippen molar-refractivity contribution in [2.45, 2.75) is 57.3 Å². The number of hydrogen-bond donors (Lipinski definition) is 1. The van der Waals surface area contributed by atoms with E-state index in [-0.39, 0.29) is 29.4 Å². The summed E-state index contributed by atoms with van der Waals surface area (Å²) in [7, 11) is -3.60. The van der Waals surface area contributed by atoms with E-state index in [0.29, 0.717) is 29.2 Å². The normalized spacial score (nSPS) is 15.5. The van der Waals surface area contributed by atoms with E-state index in [0.717, 1.165) is 30.6 Å². The molecule has 0 radical (unpaired) electrons. The van der Waals surface area contributed by atoms with E-state index in [9.17, 15) is 18.0 Å². The molecule has 162 valence electrons. The van der Waals surface area contributed by atoms with Crippen LogP contribution < -0.4 is 5.32 Å². The monoisotopic (exact) mass is 448 g/mol. The van der Waals surface area contributed by atoms with Crippen LogP contribution in [0.1, 0.15) is 58.6 Å². The van der Waals surface area contributed by atoms with E-state index in [4.69, 9.17) is 0 Å². The van der Waals surface area contributed by atoms with Crippen LogP contribution in [0, 0.1) is 13.8 Å². The highest BCUT2D eigenvalue weighted by molar-refractivity contribution is 7.89. The molecule has 3 rings (SSSR count). The molecular weight excluding hydrogens is 420 g/mol. The van der Waals surface area contributed by atoms with E-state index >= 15 is 0 Å². The van der Waals surface area contributed by atoms with Crippen molar-refractivity contribution >= 4 is 38.7 Å². The summed E-state index contributed by atoms with van der Waals surface area (Å²) in [5.41, 5.74) is 1.08. The maximum absolute atomic E-state index is 13.1. The highest BCUT2D eigenvalue weighted by atomic mass is 32.2. The van der Waals surface area contributed by atoms with Crippen molar-refractivity contribution in [1.82, 2.24) is 4.31 Å². The van der Waals surface area contributed by atoms with Crippen LogP contribution in [-0.2, 0) is 14.8 Å². The molecule has 6 nitrogen and oxygen atoms in total. The number of ketones is 1. The molecule has 0 atom stereocenters. The number of carbonyl (C=O) groups excluding carboxylic acids is 2. The Kier molecular flexibility index (Phi) is 7.44. The fourth-order valence-electron chi connectivity index (χ4n) is 3.54. The number of amides is 1. The first-order valence-corrected chi connectivity index (χ1v) is 12.5. The van der Waals surface area contributed by atoms with Gasteiger partial charge < -0.3 is 5.32 Å². The van der Waals surface area contributed by atoms with Crippen LogP contribution in [0.4, 0.5) is 5.69 Å². The van der Waals surface area contributed by atoms with Gasteiger partial charge in [0, 0.05) is 36.5 Å². The number of anilines is 1. The fourth-order valence-corrected chi connectivity index (χ4v) is 6.14. The first-order chi connectivity index (χ1) is 14.3. The van der Waals surface area contributed by atoms with E-state index in [2.05, 4.69) is 5.32 Å². The zero-order valence-corrected chi connectivity index (χ0v) is 19.1. The third-order valence-electron chi connectivity index (χ3n) is 5.25. The third kappa shape index (κ3) is 5.56. The van der Waals surface area contributed by atoms with E-state index in [1.807, 2.05) is 13.0 Å².